The molecule has 0 amide bonds. The van der Waals surface area contributed by atoms with Crippen molar-refractivity contribution in [3.05, 3.63) is 47.4 Å². The molecule has 6 nitrogen and oxygen atoms in total. The van der Waals surface area contributed by atoms with E-state index in [1.807, 2.05) is 41.8 Å². The Morgan fingerprint density at radius 1 is 1.04 bits per heavy atom. The first-order chi connectivity index (χ1) is 12.6. The topological polar surface area (TPSA) is 71.2 Å². The monoisotopic (exact) mass is 350 g/mol. The third kappa shape index (κ3) is 2.62. The van der Waals surface area contributed by atoms with Gasteiger partial charge in [0, 0.05) is 24.5 Å². The number of aromatic nitrogens is 3. The first kappa shape index (κ1) is 16.6. The van der Waals surface area contributed by atoms with Crippen LogP contribution in [0.3, 0.4) is 0 Å². The third-order valence-corrected chi connectivity index (χ3v) is 5.20. The van der Waals surface area contributed by atoms with Crippen LogP contribution in [0.2, 0.25) is 0 Å². The van der Waals surface area contributed by atoms with Crippen LogP contribution in [0.5, 0.6) is 0 Å². The third-order valence-electron chi connectivity index (χ3n) is 5.20. The Labute approximate surface area is 152 Å². The van der Waals surface area contributed by atoms with Gasteiger partial charge >= 0.3 is 5.97 Å². The minimum atomic E-state index is -1.10. The van der Waals surface area contributed by atoms with Crippen molar-refractivity contribution in [2.75, 3.05) is 18.0 Å². The quantitative estimate of drug-likeness (QED) is 0.779. The standard InChI is InChI=1S/C20H22N4O2/c1-13-14(2)24(15-9-5-3-6-10-15)19-16(13)18(21-17(22-19)20(25)26)23-11-7-4-8-12-23/h3,5-6,9-10H,4,7-8,11-12H2,1-2H3,(H,25,26). The first-order valence-electron chi connectivity index (χ1n) is 9.01. The maximum Gasteiger partial charge on any atom is 0.374 e. The van der Waals surface area contributed by atoms with Gasteiger partial charge in [-0.15, -0.1) is 0 Å². The van der Waals surface area contributed by atoms with E-state index in [0.29, 0.717) is 5.65 Å². The molecule has 2 aromatic heterocycles. The highest BCUT2D eigenvalue weighted by Gasteiger charge is 2.25. The van der Waals surface area contributed by atoms with E-state index in [2.05, 4.69) is 21.8 Å². The number of benzene rings is 1. The summed E-state index contributed by atoms with van der Waals surface area (Å²) < 4.78 is 2.03. The number of carbonyl (C=O) groups is 1. The van der Waals surface area contributed by atoms with Gasteiger partial charge in [0.25, 0.3) is 0 Å². The fraction of sp³-hybridized carbons (Fsp3) is 0.350. The fourth-order valence-corrected chi connectivity index (χ4v) is 3.77. The largest absolute Gasteiger partial charge is 0.475 e. The number of anilines is 1. The zero-order valence-electron chi connectivity index (χ0n) is 15.1. The van der Waals surface area contributed by atoms with Crippen LogP contribution in [0.25, 0.3) is 16.7 Å². The van der Waals surface area contributed by atoms with Gasteiger partial charge in [-0.05, 0) is 50.8 Å². The molecule has 1 aliphatic heterocycles. The lowest BCUT2D eigenvalue weighted by molar-refractivity contribution is 0.0684. The van der Waals surface area contributed by atoms with Crippen LogP contribution < -0.4 is 4.90 Å². The Kier molecular flexibility index (Phi) is 4.11. The fourth-order valence-electron chi connectivity index (χ4n) is 3.77. The molecule has 1 fully saturated rings. The van der Waals surface area contributed by atoms with Crippen molar-refractivity contribution in [2.24, 2.45) is 0 Å². The molecule has 1 N–H and O–H groups in total. The summed E-state index contributed by atoms with van der Waals surface area (Å²) in [6, 6.07) is 9.93. The molecule has 1 aliphatic rings. The second-order valence-corrected chi connectivity index (χ2v) is 6.80. The molecule has 3 heterocycles. The van der Waals surface area contributed by atoms with Crippen molar-refractivity contribution >= 4 is 22.8 Å². The summed E-state index contributed by atoms with van der Waals surface area (Å²) in [5.74, 6) is -0.489. The van der Waals surface area contributed by atoms with E-state index < -0.39 is 5.97 Å². The molecule has 0 spiro atoms. The molecule has 6 heteroatoms. The number of nitrogens with zero attached hydrogens (tertiary/aromatic N) is 4. The molecule has 0 aliphatic carbocycles. The summed E-state index contributed by atoms with van der Waals surface area (Å²) in [5.41, 5.74) is 3.80. The SMILES string of the molecule is Cc1c(C)n(-c2ccccc2)c2nc(C(=O)O)nc(N3CCCCC3)c12. The molecule has 1 aromatic carbocycles. The van der Waals surface area contributed by atoms with E-state index >= 15 is 0 Å². The Bertz CT molecular complexity index is 973. The molecule has 26 heavy (non-hydrogen) atoms. The van der Waals surface area contributed by atoms with Gasteiger partial charge in [-0.25, -0.2) is 14.8 Å². The Balaban J connectivity index is 2.04. The molecular formula is C20H22N4O2. The van der Waals surface area contributed by atoms with E-state index in [4.69, 9.17) is 0 Å². The molecule has 0 saturated carbocycles. The van der Waals surface area contributed by atoms with Gasteiger partial charge in [-0.2, -0.15) is 0 Å². The van der Waals surface area contributed by atoms with E-state index in [1.165, 1.54) is 6.42 Å². The molecule has 0 radical (unpaired) electrons. The first-order valence-corrected chi connectivity index (χ1v) is 9.01. The van der Waals surface area contributed by atoms with Crippen molar-refractivity contribution in [3.63, 3.8) is 0 Å². The average Bonchev–Trinajstić information content (AvgIpc) is 2.93. The van der Waals surface area contributed by atoms with Crippen LogP contribution in [-0.4, -0.2) is 38.7 Å². The lowest BCUT2D eigenvalue weighted by atomic mass is 10.1. The minimum absolute atomic E-state index is 0.146. The van der Waals surface area contributed by atoms with Gasteiger partial charge in [0.15, 0.2) is 5.65 Å². The molecule has 4 rings (SSSR count). The highest BCUT2D eigenvalue weighted by Crippen LogP contribution is 2.34. The summed E-state index contributed by atoms with van der Waals surface area (Å²) in [6.45, 7) is 5.92. The highest BCUT2D eigenvalue weighted by atomic mass is 16.4. The number of para-hydroxylation sites is 1. The Hall–Kier alpha value is -2.89. The van der Waals surface area contributed by atoms with Gasteiger partial charge < -0.3 is 10.0 Å². The van der Waals surface area contributed by atoms with Crippen molar-refractivity contribution in [1.82, 2.24) is 14.5 Å². The number of carboxylic acids is 1. The van der Waals surface area contributed by atoms with Gasteiger partial charge in [0.1, 0.15) is 5.82 Å². The van der Waals surface area contributed by atoms with Gasteiger partial charge in [0.2, 0.25) is 5.82 Å². The van der Waals surface area contributed by atoms with Crippen LogP contribution in [0.15, 0.2) is 30.3 Å². The van der Waals surface area contributed by atoms with E-state index in [0.717, 1.165) is 54.1 Å². The molecule has 134 valence electrons. The van der Waals surface area contributed by atoms with E-state index in [1.54, 1.807) is 0 Å². The van der Waals surface area contributed by atoms with Crippen LogP contribution in [0.4, 0.5) is 5.82 Å². The van der Waals surface area contributed by atoms with Crippen LogP contribution in [0, 0.1) is 13.8 Å². The minimum Gasteiger partial charge on any atom is -0.475 e. The number of piperidine rings is 1. The van der Waals surface area contributed by atoms with Crippen molar-refractivity contribution < 1.29 is 9.90 Å². The number of hydrogen-bond donors (Lipinski definition) is 1. The maximum absolute atomic E-state index is 11.7. The number of carboxylic acid groups (broad SMARTS) is 1. The van der Waals surface area contributed by atoms with Gasteiger partial charge in [-0.1, -0.05) is 18.2 Å². The average molecular weight is 350 g/mol. The van der Waals surface area contributed by atoms with Crippen molar-refractivity contribution in [1.29, 1.82) is 0 Å². The second-order valence-electron chi connectivity index (χ2n) is 6.80. The predicted octanol–water partition coefficient (Wildman–Crippen LogP) is 3.73. The summed E-state index contributed by atoms with van der Waals surface area (Å²) in [5, 5.41) is 10.5. The zero-order chi connectivity index (χ0) is 18.3. The molecular weight excluding hydrogens is 328 g/mol. The van der Waals surface area contributed by atoms with Crippen molar-refractivity contribution in [2.45, 2.75) is 33.1 Å². The molecule has 3 aromatic rings. The molecule has 0 bridgehead atoms. The number of aryl methyl sites for hydroxylation is 1. The lowest BCUT2D eigenvalue weighted by Gasteiger charge is -2.28. The van der Waals surface area contributed by atoms with Crippen LogP contribution >= 0.6 is 0 Å². The lowest BCUT2D eigenvalue weighted by Crippen LogP contribution is -2.31. The van der Waals surface area contributed by atoms with Crippen LogP contribution in [-0.2, 0) is 0 Å². The normalized spacial score (nSPS) is 14.8. The summed E-state index contributed by atoms with van der Waals surface area (Å²) >= 11 is 0. The molecule has 0 atom stereocenters. The zero-order valence-corrected chi connectivity index (χ0v) is 15.1. The number of rotatable bonds is 3. The van der Waals surface area contributed by atoms with E-state index in [9.17, 15) is 9.90 Å². The summed E-state index contributed by atoms with van der Waals surface area (Å²) in [6.07, 6.45) is 3.41. The van der Waals surface area contributed by atoms with Crippen molar-refractivity contribution in [3.8, 4) is 5.69 Å². The maximum atomic E-state index is 11.7. The smallest absolute Gasteiger partial charge is 0.374 e. The van der Waals surface area contributed by atoms with E-state index in [-0.39, 0.29) is 5.82 Å². The molecule has 0 unspecified atom stereocenters. The Morgan fingerprint density at radius 3 is 2.38 bits per heavy atom. The van der Waals surface area contributed by atoms with Crippen LogP contribution in [0.1, 0.15) is 41.1 Å². The summed E-state index contributed by atoms with van der Waals surface area (Å²) in [7, 11) is 0. The summed E-state index contributed by atoms with van der Waals surface area (Å²) in [4.78, 5) is 22.7. The number of aromatic carboxylic acids is 1. The highest BCUT2D eigenvalue weighted by molar-refractivity contribution is 5.96. The molecule has 1 saturated heterocycles. The van der Waals surface area contributed by atoms with Gasteiger partial charge in [-0.3, -0.25) is 4.57 Å². The second kappa shape index (κ2) is 6.44. The number of fused-ring (bicyclic) bond motifs is 1. The predicted molar refractivity (Wildman–Crippen MR) is 101 cm³/mol. The Morgan fingerprint density at radius 2 is 1.73 bits per heavy atom. The number of hydrogen-bond acceptors (Lipinski definition) is 4. The van der Waals surface area contributed by atoms with Gasteiger partial charge in [0.05, 0.1) is 5.39 Å².